The average molecular weight is 278 g/mol. The van der Waals surface area contributed by atoms with Crippen LogP contribution in [-0.4, -0.2) is 46.0 Å². The summed E-state index contributed by atoms with van der Waals surface area (Å²) in [5, 5.41) is 3.42. The van der Waals surface area contributed by atoms with Gasteiger partial charge in [-0.3, -0.25) is 4.79 Å². The van der Waals surface area contributed by atoms with Gasteiger partial charge < -0.3 is 14.8 Å². The molecular formula is C15H26N4O. The molecule has 1 amide bonds. The predicted molar refractivity (Wildman–Crippen MR) is 79.3 cm³/mol. The van der Waals surface area contributed by atoms with E-state index in [1.54, 1.807) is 12.5 Å². The largest absolute Gasteiger partial charge is 0.340 e. The Morgan fingerprint density at radius 2 is 2.40 bits per heavy atom. The van der Waals surface area contributed by atoms with Gasteiger partial charge in [-0.1, -0.05) is 0 Å². The molecule has 0 spiro atoms. The number of hydrogen-bond donors (Lipinski definition) is 1. The highest BCUT2D eigenvalue weighted by molar-refractivity contribution is 5.76. The fourth-order valence-corrected chi connectivity index (χ4v) is 2.75. The number of nitrogens with zero attached hydrogens (tertiary/aromatic N) is 3. The van der Waals surface area contributed by atoms with Crippen LogP contribution in [0.1, 0.15) is 33.1 Å². The highest BCUT2D eigenvalue weighted by Gasteiger charge is 2.22. The van der Waals surface area contributed by atoms with Crippen molar-refractivity contribution in [2.45, 2.75) is 45.7 Å². The molecule has 1 aliphatic heterocycles. The lowest BCUT2D eigenvalue weighted by atomic mass is 9.98. The van der Waals surface area contributed by atoms with Crippen molar-refractivity contribution in [2.75, 3.05) is 19.6 Å². The highest BCUT2D eigenvalue weighted by Crippen LogP contribution is 2.14. The molecule has 1 saturated heterocycles. The zero-order chi connectivity index (χ0) is 14.4. The van der Waals surface area contributed by atoms with Crippen LogP contribution in [0, 0.1) is 5.92 Å². The zero-order valence-electron chi connectivity index (χ0n) is 12.6. The van der Waals surface area contributed by atoms with Crippen LogP contribution in [0.5, 0.6) is 0 Å². The maximum Gasteiger partial charge on any atom is 0.224 e. The molecule has 5 heteroatoms. The van der Waals surface area contributed by atoms with E-state index in [0.29, 0.717) is 18.9 Å². The lowest BCUT2D eigenvalue weighted by Crippen LogP contribution is -2.44. The van der Waals surface area contributed by atoms with E-state index in [4.69, 9.17) is 0 Å². The normalized spacial score (nSPS) is 19.2. The van der Waals surface area contributed by atoms with Crippen molar-refractivity contribution in [3.63, 3.8) is 0 Å². The van der Waals surface area contributed by atoms with Gasteiger partial charge in [0.2, 0.25) is 5.91 Å². The number of aromatic nitrogens is 2. The first-order valence-electron chi connectivity index (χ1n) is 7.62. The lowest BCUT2D eigenvalue weighted by Gasteiger charge is -2.33. The molecule has 1 atom stereocenters. The van der Waals surface area contributed by atoms with Crippen LogP contribution in [0.4, 0.5) is 0 Å². The minimum Gasteiger partial charge on any atom is -0.340 e. The Labute approximate surface area is 121 Å². The van der Waals surface area contributed by atoms with Gasteiger partial charge in [0.1, 0.15) is 0 Å². The minimum atomic E-state index is 0.249. The molecular weight excluding hydrogens is 252 g/mol. The fourth-order valence-electron chi connectivity index (χ4n) is 2.75. The fraction of sp³-hybridized carbons (Fsp3) is 0.733. The minimum absolute atomic E-state index is 0.249. The molecule has 1 aromatic heterocycles. The van der Waals surface area contributed by atoms with Gasteiger partial charge in [0.15, 0.2) is 0 Å². The molecule has 0 radical (unpaired) electrons. The van der Waals surface area contributed by atoms with Crippen LogP contribution in [0.3, 0.4) is 0 Å². The molecule has 5 nitrogen and oxygen atoms in total. The second-order valence-corrected chi connectivity index (χ2v) is 5.90. The van der Waals surface area contributed by atoms with Crippen LogP contribution >= 0.6 is 0 Å². The first kappa shape index (κ1) is 15.0. The summed E-state index contributed by atoms with van der Waals surface area (Å²) in [6.07, 6.45) is 8.41. The van der Waals surface area contributed by atoms with E-state index in [0.717, 1.165) is 19.6 Å². The number of amides is 1. The van der Waals surface area contributed by atoms with Crippen molar-refractivity contribution in [1.82, 2.24) is 19.8 Å². The maximum absolute atomic E-state index is 12.4. The molecule has 0 aromatic carbocycles. The topological polar surface area (TPSA) is 50.2 Å². The monoisotopic (exact) mass is 278 g/mol. The summed E-state index contributed by atoms with van der Waals surface area (Å²) in [5.74, 6) is 0.850. The number of rotatable bonds is 6. The van der Waals surface area contributed by atoms with Crippen molar-refractivity contribution < 1.29 is 4.79 Å². The van der Waals surface area contributed by atoms with E-state index < -0.39 is 0 Å². The van der Waals surface area contributed by atoms with Crippen molar-refractivity contribution in [3.05, 3.63) is 18.7 Å². The average Bonchev–Trinajstić information content (AvgIpc) is 2.96. The molecule has 1 unspecified atom stereocenters. The third kappa shape index (κ3) is 4.34. The van der Waals surface area contributed by atoms with E-state index in [9.17, 15) is 4.79 Å². The smallest absolute Gasteiger partial charge is 0.224 e. The van der Waals surface area contributed by atoms with E-state index >= 15 is 0 Å². The summed E-state index contributed by atoms with van der Waals surface area (Å²) in [6.45, 7) is 7.96. The van der Waals surface area contributed by atoms with E-state index in [1.807, 2.05) is 15.7 Å². The second kappa shape index (κ2) is 7.43. The van der Waals surface area contributed by atoms with Gasteiger partial charge in [-0.2, -0.15) is 0 Å². The van der Waals surface area contributed by atoms with Gasteiger partial charge in [0.05, 0.1) is 6.33 Å². The van der Waals surface area contributed by atoms with Crippen molar-refractivity contribution >= 4 is 5.91 Å². The summed E-state index contributed by atoms with van der Waals surface area (Å²) in [4.78, 5) is 18.5. The number of piperidine rings is 1. The SMILES string of the molecule is CC(C)N(CC1CCCNC1)C(=O)CCn1ccnc1. The van der Waals surface area contributed by atoms with Gasteiger partial charge in [0.25, 0.3) is 0 Å². The summed E-state index contributed by atoms with van der Waals surface area (Å²) < 4.78 is 1.96. The molecule has 20 heavy (non-hydrogen) atoms. The number of carbonyl (C=O) groups excluding carboxylic acids is 1. The Bertz CT molecular complexity index is 396. The lowest BCUT2D eigenvalue weighted by molar-refractivity contribution is -0.133. The second-order valence-electron chi connectivity index (χ2n) is 5.90. The Hall–Kier alpha value is -1.36. The first-order valence-corrected chi connectivity index (χ1v) is 7.62. The van der Waals surface area contributed by atoms with Gasteiger partial charge in [-0.25, -0.2) is 4.98 Å². The summed E-state index contributed by atoms with van der Waals surface area (Å²) in [7, 11) is 0. The molecule has 1 aromatic rings. The van der Waals surface area contributed by atoms with Crippen LogP contribution in [0.2, 0.25) is 0 Å². The van der Waals surface area contributed by atoms with Gasteiger partial charge >= 0.3 is 0 Å². The molecule has 0 aliphatic carbocycles. The third-order valence-electron chi connectivity index (χ3n) is 3.94. The van der Waals surface area contributed by atoms with E-state index in [1.165, 1.54) is 12.8 Å². The molecule has 1 aliphatic rings. The molecule has 1 fully saturated rings. The Morgan fingerprint density at radius 3 is 3.00 bits per heavy atom. The van der Waals surface area contributed by atoms with Crippen LogP contribution in [-0.2, 0) is 11.3 Å². The number of imidazole rings is 1. The Morgan fingerprint density at radius 1 is 1.55 bits per heavy atom. The molecule has 2 rings (SSSR count). The van der Waals surface area contributed by atoms with E-state index in [-0.39, 0.29) is 11.9 Å². The van der Waals surface area contributed by atoms with Crippen molar-refractivity contribution in [3.8, 4) is 0 Å². The van der Waals surface area contributed by atoms with Gasteiger partial charge in [-0.15, -0.1) is 0 Å². The molecule has 1 N–H and O–H groups in total. The molecule has 0 bridgehead atoms. The molecule has 0 saturated carbocycles. The standard InChI is InChI=1S/C15H26N4O/c1-13(2)19(11-14-4-3-6-16-10-14)15(20)5-8-18-9-7-17-12-18/h7,9,12-14,16H,3-6,8,10-11H2,1-2H3. The number of hydrogen-bond acceptors (Lipinski definition) is 3. The molecule has 112 valence electrons. The van der Waals surface area contributed by atoms with Gasteiger partial charge in [0, 0.05) is 37.9 Å². The van der Waals surface area contributed by atoms with Crippen molar-refractivity contribution in [1.29, 1.82) is 0 Å². The number of nitrogens with one attached hydrogen (secondary N) is 1. The van der Waals surface area contributed by atoms with Crippen molar-refractivity contribution in [2.24, 2.45) is 5.92 Å². The summed E-state index contributed by atoms with van der Waals surface area (Å²) in [5.41, 5.74) is 0. The number of carbonyl (C=O) groups is 1. The summed E-state index contributed by atoms with van der Waals surface area (Å²) >= 11 is 0. The molecule has 2 heterocycles. The quantitative estimate of drug-likeness (QED) is 0.858. The van der Waals surface area contributed by atoms with E-state index in [2.05, 4.69) is 24.1 Å². The van der Waals surface area contributed by atoms with Crippen LogP contribution < -0.4 is 5.32 Å². The Kier molecular flexibility index (Phi) is 5.59. The van der Waals surface area contributed by atoms with Gasteiger partial charge in [-0.05, 0) is 45.7 Å². The number of aryl methyl sites for hydroxylation is 1. The predicted octanol–water partition coefficient (Wildman–Crippen LogP) is 1.51. The summed E-state index contributed by atoms with van der Waals surface area (Å²) in [6, 6.07) is 0.271. The van der Waals surface area contributed by atoms with Crippen LogP contribution in [0.25, 0.3) is 0 Å². The van der Waals surface area contributed by atoms with Crippen LogP contribution in [0.15, 0.2) is 18.7 Å². The Balaban J connectivity index is 1.84. The highest BCUT2D eigenvalue weighted by atomic mass is 16.2. The maximum atomic E-state index is 12.4. The third-order valence-corrected chi connectivity index (χ3v) is 3.94. The first-order chi connectivity index (χ1) is 9.66. The zero-order valence-corrected chi connectivity index (χ0v) is 12.6.